The van der Waals surface area contributed by atoms with Gasteiger partial charge in [0.25, 0.3) is 0 Å². The summed E-state index contributed by atoms with van der Waals surface area (Å²) in [4.78, 5) is 15.6. The van der Waals surface area contributed by atoms with Crippen molar-refractivity contribution in [2.45, 2.75) is 38.9 Å². The maximum atomic E-state index is 13.4. The highest BCUT2D eigenvalue weighted by Crippen LogP contribution is 2.40. The highest BCUT2D eigenvalue weighted by Gasteiger charge is 2.33. The van der Waals surface area contributed by atoms with Crippen LogP contribution in [0.15, 0.2) is 30.5 Å². The molecule has 8 nitrogen and oxygen atoms in total. The number of hydrogen-bond donors (Lipinski definition) is 1. The molecule has 1 saturated heterocycles. The number of aromatic nitrogens is 3. The number of nitrogens with two attached hydrogens (primary N) is 1. The van der Waals surface area contributed by atoms with Gasteiger partial charge in [0.2, 0.25) is 5.65 Å². The lowest BCUT2D eigenvalue weighted by Gasteiger charge is -2.33. The number of hydrogen-bond acceptors (Lipinski definition) is 6. The molecule has 0 unspecified atom stereocenters. The third-order valence-corrected chi connectivity index (χ3v) is 6.04. The third kappa shape index (κ3) is 4.90. The molecular weight excluding hydrogens is 463 g/mol. The second kappa shape index (κ2) is 9.03. The Morgan fingerprint density at radius 3 is 2.49 bits per heavy atom. The van der Waals surface area contributed by atoms with Gasteiger partial charge in [-0.15, -0.1) is 4.68 Å². The molecule has 1 aliphatic heterocycles. The number of nitrogen functional groups attached to an aromatic ring is 1. The number of ether oxygens (including phenoxy) is 2. The molecule has 0 spiro atoms. The number of pyridine rings is 1. The van der Waals surface area contributed by atoms with Crippen LogP contribution in [0.1, 0.15) is 42.3 Å². The topological polar surface area (TPSA) is 86.7 Å². The van der Waals surface area contributed by atoms with Crippen molar-refractivity contribution in [3.63, 3.8) is 0 Å². The Balaban J connectivity index is 1.75. The molecule has 0 saturated carbocycles. The lowest BCUT2D eigenvalue weighted by atomic mass is 9.84. The number of rotatable bonds is 5. The van der Waals surface area contributed by atoms with Crippen LogP contribution in [0.5, 0.6) is 5.75 Å². The van der Waals surface area contributed by atoms with Crippen LogP contribution in [0.4, 0.5) is 24.8 Å². The number of morpholine rings is 1. The van der Waals surface area contributed by atoms with E-state index >= 15 is 0 Å². The molecule has 4 rings (SSSR count). The van der Waals surface area contributed by atoms with E-state index in [0.29, 0.717) is 37.6 Å². The van der Waals surface area contributed by atoms with Gasteiger partial charge in [0.15, 0.2) is 12.3 Å². The van der Waals surface area contributed by atoms with E-state index in [1.165, 1.54) is 10.7 Å². The molecule has 0 radical (unpaired) electrons. The highest BCUT2D eigenvalue weighted by atomic mass is 19.4. The molecule has 2 N–H and O–H groups in total. The number of anilines is 2. The summed E-state index contributed by atoms with van der Waals surface area (Å²) in [5.41, 5.74) is 7.11. The third-order valence-electron chi connectivity index (χ3n) is 6.04. The fourth-order valence-corrected chi connectivity index (χ4v) is 4.21. The fraction of sp³-hybridized carbons (Fsp3) is 0.458. The van der Waals surface area contributed by atoms with E-state index in [1.807, 2.05) is 26.8 Å². The Bertz CT molecular complexity index is 1260. The molecule has 11 heteroatoms. The van der Waals surface area contributed by atoms with E-state index in [-0.39, 0.29) is 29.3 Å². The molecule has 0 bridgehead atoms. The summed E-state index contributed by atoms with van der Waals surface area (Å²) in [6, 6.07) is 5.81. The molecule has 0 amide bonds. The maximum absolute atomic E-state index is 13.4. The summed E-state index contributed by atoms with van der Waals surface area (Å²) in [6.07, 6.45) is -3.64. The van der Waals surface area contributed by atoms with Gasteiger partial charge < -0.3 is 20.1 Å². The fourth-order valence-electron chi connectivity index (χ4n) is 4.21. The number of benzene rings is 1. The number of halogens is 3. The average Bonchev–Trinajstić information content (AvgIpc) is 3.12. The number of carbonyl (C=O) groups excluding carboxylic acids is 1. The van der Waals surface area contributed by atoms with Crippen molar-refractivity contribution in [3.8, 4) is 5.75 Å². The van der Waals surface area contributed by atoms with Crippen molar-refractivity contribution in [2.75, 3.05) is 44.0 Å². The van der Waals surface area contributed by atoms with E-state index in [2.05, 4.69) is 10.00 Å². The monoisotopic (exact) mass is 492 g/mol. The van der Waals surface area contributed by atoms with Gasteiger partial charge in [-0.3, -0.25) is 4.79 Å². The molecule has 1 aliphatic rings. The van der Waals surface area contributed by atoms with Crippen LogP contribution >= 0.6 is 0 Å². The first-order valence-corrected chi connectivity index (χ1v) is 11.2. The number of alkyl halides is 3. The second-order valence-corrected chi connectivity index (χ2v) is 9.51. The molecule has 0 aliphatic carbocycles. The summed E-state index contributed by atoms with van der Waals surface area (Å²) < 4.78 is 53.0. The SMILES string of the molecule is COc1c(N2CCOCC2)cc(C(=O)Cn2nc(N)[n+]3cc(C(F)(F)F)ccc23)cc1C(C)(C)C. The van der Waals surface area contributed by atoms with Crippen LogP contribution in [0.25, 0.3) is 5.65 Å². The van der Waals surface area contributed by atoms with Gasteiger partial charge in [-0.25, -0.2) is 0 Å². The van der Waals surface area contributed by atoms with Crippen LogP contribution in [0.3, 0.4) is 0 Å². The molecule has 1 aromatic carbocycles. The summed E-state index contributed by atoms with van der Waals surface area (Å²) >= 11 is 0. The zero-order valence-electron chi connectivity index (χ0n) is 20.1. The molecule has 2 aromatic heterocycles. The Morgan fingerprint density at radius 1 is 1.20 bits per heavy atom. The number of methoxy groups -OCH3 is 1. The number of Topliss-reactive ketones (excluding diaryl/α,β-unsaturated/α-hetero) is 1. The molecule has 35 heavy (non-hydrogen) atoms. The lowest BCUT2D eigenvalue weighted by molar-refractivity contribution is -0.498. The normalized spacial score (nSPS) is 15.0. The van der Waals surface area contributed by atoms with Gasteiger partial charge >= 0.3 is 12.1 Å². The first kappa shape index (κ1) is 24.8. The number of carbonyl (C=O) groups is 1. The zero-order chi connectivity index (χ0) is 25.5. The zero-order valence-corrected chi connectivity index (χ0v) is 20.1. The van der Waals surface area contributed by atoms with Gasteiger partial charge in [0, 0.05) is 35.4 Å². The minimum atomic E-state index is -4.52. The average molecular weight is 493 g/mol. The number of ketones is 1. The van der Waals surface area contributed by atoms with Gasteiger partial charge in [-0.05, 0) is 23.6 Å². The Morgan fingerprint density at radius 2 is 1.89 bits per heavy atom. The number of fused-ring (bicyclic) bond motifs is 1. The smallest absolute Gasteiger partial charge is 0.418 e. The Kier molecular flexibility index (Phi) is 6.39. The quantitative estimate of drug-likeness (QED) is 0.435. The van der Waals surface area contributed by atoms with Crippen LogP contribution in [0.2, 0.25) is 0 Å². The van der Waals surface area contributed by atoms with E-state index in [4.69, 9.17) is 15.2 Å². The van der Waals surface area contributed by atoms with E-state index in [0.717, 1.165) is 27.9 Å². The van der Waals surface area contributed by atoms with Crippen molar-refractivity contribution in [2.24, 2.45) is 0 Å². The lowest BCUT2D eigenvalue weighted by Crippen LogP contribution is -2.37. The molecule has 1 fully saturated rings. The Hall–Kier alpha value is -3.34. The minimum Gasteiger partial charge on any atom is -0.494 e. The molecule has 3 aromatic rings. The number of nitrogens with zero attached hydrogens (tertiary/aromatic N) is 4. The largest absolute Gasteiger partial charge is 0.494 e. The van der Waals surface area contributed by atoms with Gasteiger partial charge in [-0.1, -0.05) is 20.8 Å². The van der Waals surface area contributed by atoms with Gasteiger partial charge in [-0.2, -0.15) is 17.6 Å². The molecular formula is C24H29F3N5O3+. The van der Waals surface area contributed by atoms with Crippen molar-refractivity contribution < 1.29 is 31.8 Å². The summed E-state index contributed by atoms with van der Waals surface area (Å²) in [5.74, 6) is 0.315. The van der Waals surface area contributed by atoms with Crippen molar-refractivity contribution in [1.82, 2.24) is 9.78 Å². The van der Waals surface area contributed by atoms with Crippen LogP contribution < -0.4 is 19.8 Å². The van der Waals surface area contributed by atoms with Crippen LogP contribution in [0, 0.1) is 0 Å². The standard InChI is InChI=1S/C24H29F3N5O3/c1-23(2,3)17-11-15(12-18(21(17)34-4)30-7-9-35-10-8-30)19(33)14-32-20-6-5-16(24(25,26)27)13-31(20)22(28)29-32/h5-6,11-13H,7-10,14H2,1-4H3,(H2,28,29)/q+1. The molecule has 0 atom stereocenters. The maximum Gasteiger partial charge on any atom is 0.418 e. The summed E-state index contributed by atoms with van der Waals surface area (Å²) in [7, 11) is 1.61. The van der Waals surface area contributed by atoms with Crippen LogP contribution in [-0.4, -0.2) is 49.0 Å². The van der Waals surface area contributed by atoms with Crippen molar-refractivity contribution in [3.05, 3.63) is 47.2 Å². The summed E-state index contributed by atoms with van der Waals surface area (Å²) in [6.45, 7) is 8.40. The predicted octanol–water partition coefficient (Wildman–Crippen LogP) is 3.25. The van der Waals surface area contributed by atoms with E-state index in [9.17, 15) is 18.0 Å². The van der Waals surface area contributed by atoms with E-state index < -0.39 is 11.7 Å². The second-order valence-electron chi connectivity index (χ2n) is 9.51. The van der Waals surface area contributed by atoms with Gasteiger partial charge in [0.1, 0.15) is 5.75 Å². The highest BCUT2D eigenvalue weighted by molar-refractivity contribution is 5.98. The minimum absolute atomic E-state index is 0.141. The predicted molar refractivity (Wildman–Crippen MR) is 124 cm³/mol. The van der Waals surface area contributed by atoms with Gasteiger partial charge in [0.05, 0.1) is 37.8 Å². The molecule has 188 valence electrons. The summed E-state index contributed by atoms with van der Waals surface area (Å²) in [5, 5.41) is 4.11. The first-order valence-electron chi connectivity index (χ1n) is 11.2. The van der Waals surface area contributed by atoms with Crippen molar-refractivity contribution >= 4 is 23.1 Å². The molecule has 3 heterocycles. The van der Waals surface area contributed by atoms with Crippen LogP contribution in [-0.2, 0) is 22.9 Å². The Labute approximate surface area is 201 Å². The first-order chi connectivity index (χ1) is 16.4. The van der Waals surface area contributed by atoms with E-state index in [1.54, 1.807) is 13.2 Å². The van der Waals surface area contributed by atoms with Crippen molar-refractivity contribution in [1.29, 1.82) is 0 Å².